The molecule has 0 saturated heterocycles. The van der Waals surface area contributed by atoms with Gasteiger partial charge in [0.2, 0.25) is 11.6 Å². The molecule has 0 atom stereocenters. The van der Waals surface area contributed by atoms with Gasteiger partial charge in [-0.15, -0.1) is 11.3 Å². The van der Waals surface area contributed by atoms with E-state index in [2.05, 4.69) is 0 Å². The highest BCUT2D eigenvalue weighted by molar-refractivity contribution is 7.19. The van der Waals surface area contributed by atoms with Gasteiger partial charge in [-0.05, 0) is 17.9 Å². The zero-order valence-electron chi connectivity index (χ0n) is 9.05. The van der Waals surface area contributed by atoms with Crippen molar-refractivity contribution in [2.75, 3.05) is 0 Å². The van der Waals surface area contributed by atoms with Crippen molar-refractivity contribution in [2.24, 2.45) is 0 Å². The quantitative estimate of drug-likeness (QED) is 0.507. The van der Waals surface area contributed by atoms with Gasteiger partial charge in [0, 0.05) is 11.6 Å². The van der Waals surface area contributed by atoms with Crippen LogP contribution in [0.3, 0.4) is 0 Å². The summed E-state index contributed by atoms with van der Waals surface area (Å²) in [5.74, 6) is -0.571. The molecule has 2 aromatic rings. The molecule has 0 fully saturated rings. The van der Waals surface area contributed by atoms with Gasteiger partial charge in [0.25, 0.3) is 0 Å². The molecule has 2 aromatic heterocycles. The third-order valence-corrected chi connectivity index (χ3v) is 4.94. The van der Waals surface area contributed by atoms with E-state index in [4.69, 9.17) is 0 Å². The minimum Gasteiger partial charge on any atom is -0.288 e. The zero-order chi connectivity index (χ0) is 13.0. The summed E-state index contributed by atoms with van der Waals surface area (Å²) in [7, 11) is 0. The van der Waals surface area contributed by atoms with Crippen LogP contribution >= 0.6 is 22.7 Å². The molecule has 3 rings (SSSR count). The summed E-state index contributed by atoms with van der Waals surface area (Å²) in [4.78, 5) is 35.1. The topological polar surface area (TPSA) is 77.3 Å². The van der Waals surface area contributed by atoms with Gasteiger partial charge in [0.05, 0.1) is 20.2 Å². The molecule has 0 radical (unpaired) electrons. The molecule has 5 nitrogen and oxygen atoms in total. The van der Waals surface area contributed by atoms with Crippen molar-refractivity contribution in [3.8, 4) is 0 Å². The number of nitro groups is 1. The number of nitrogens with zero attached hydrogens (tertiary/aromatic N) is 1. The van der Waals surface area contributed by atoms with E-state index in [0.29, 0.717) is 10.4 Å². The maximum atomic E-state index is 12.2. The molecule has 1 aliphatic carbocycles. The molecule has 90 valence electrons. The van der Waals surface area contributed by atoms with Crippen LogP contribution in [0.2, 0.25) is 0 Å². The van der Waals surface area contributed by atoms with Crippen molar-refractivity contribution in [3.63, 3.8) is 0 Å². The van der Waals surface area contributed by atoms with Crippen LogP contribution in [0.4, 0.5) is 5.00 Å². The number of fused-ring (bicyclic) bond motifs is 2. The maximum absolute atomic E-state index is 12.2. The van der Waals surface area contributed by atoms with Crippen LogP contribution in [0.1, 0.15) is 36.0 Å². The number of carbonyl (C=O) groups is 2. The van der Waals surface area contributed by atoms with Crippen molar-refractivity contribution in [2.45, 2.75) is 6.92 Å². The minimum atomic E-state index is -0.579. The molecular formula is C11H5NO4S2. The molecule has 0 aliphatic heterocycles. The summed E-state index contributed by atoms with van der Waals surface area (Å²) in [6.45, 7) is 1.76. The first-order chi connectivity index (χ1) is 8.50. The zero-order valence-corrected chi connectivity index (χ0v) is 10.7. The Morgan fingerprint density at radius 2 is 1.94 bits per heavy atom. The van der Waals surface area contributed by atoms with Gasteiger partial charge in [0.15, 0.2) is 0 Å². The first kappa shape index (κ1) is 11.2. The van der Waals surface area contributed by atoms with E-state index in [0.717, 1.165) is 16.9 Å². The molecule has 0 spiro atoms. The second-order valence-electron chi connectivity index (χ2n) is 3.87. The standard InChI is InChI=1S/C11H5NO4S2/c1-4-3-17-11-7(4)9(14)10-5(8(11)13)2-6(18-10)12(15)16/h2-3H,1H3. The number of carbonyl (C=O) groups excluding carboxylic acids is 2. The molecule has 0 unspecified atom stereocenters. The fourth-order valence-electron chi connectivity index (χ4n) is 1.93. The highest BCUT2D eigenvalue weighted by atomic mass is 32.1. The van der Waals surface area contributed by atoms with Gasteiger partial charge < -0.3 is 0 Å². The highest BCUT2D eigenvalue weighted by Gasteiger charge is 2.36. The number of ketones is 2. The van der Waals surface area contributed by atoms with Crippen LogP contribution in [-0.4, -0.2) is 16.5 Å². The molecule has 0 N–H and O–H groups in total. The molecule has 2 heterocycles. The third kappa shape index (κ3) is 1.31. The number of aryl methyl sites for hydroxylation is 1. The first-order valence-electron chi connectivity index (χ1n) is 4.96. The average Bonchev–Trinajstić information content (AvgIpc) is 2.90. The van der Waals surface area contributed by atoms with Crippen LogP contribution in [0, 0.1) is 17.0 Å². The Kier molecular flexibility index (Phi) is 2.23. The predicted molar refractivity (Wildman–Crippen MR) is 66.9 cm³/mol. The van der Waals surface area contributed by atoms with Crippen molar-refractivity contribution in [1.82, 2.24) is 0 Å². The fraction of sp³-hybridized carbons (Fsp3) is 0.0909. The minimum absolute atomic E-state index is 0.158. The lowest BCUT2D eigenvalue weighted by Gasteiger charge is -2.09. The van der Waals surface area contributed by atoms with Crippen LogP contribution < -0.4 is 0 Å². The van der Waals surface area contributed by atoms with Crippen LogP contribution in [-0.2, 0) is 0 Å². The Bertz CT molecular complexity index is 725. The van der Waals surface area contributed by atoms with E-state index in [1.807, 2.05) is 0 Å². The monoisotopic (exact) mass is 279 g/mol. The summed E-state index contributed by atoms with van der Waals surface area (Å²) in [5, 5.41) is 12.3. The Labute approximate surface area is 109 Å². The summed E-state index contributed by atoms with van der Waals surface area (Å²) < 4.78 is 0. The number of hydrogen-bond acceptors (Lipinski definition) is 6. The molecule has 0 bridgehead atoms. The highest BCUT2D eigenvalue weighted by Crippen LogP contribution is 2.39. The Hall–Kier alpha value is -1.86. The lowest BCUT2D eigenvalue weighted by molar-refractivity contribution is -0.380. The molecule has 18 heavy (non-hydrogen) atoms. The normalized spacial score (nSPS) is 13.4. The SMILES string of the molecule is Cc1csc2c1C(=O)c1sc([N+](=O)[O-])cc1C2=O. The Balaban J connectivity index is 2.28. The fourth-order valence-corrected chi connectivity index (χ4v) is 3.85. The number of hydrogen-bond donors (Lipinski definition) is 0. The number of rotatable bonds is 1. The molecule has 0 amide bonds. The summed E-state index contributed by atoms with van der Waals surface area (Å²) in [6, 6.07) is 1.19. The molecular weight excluding hydrogens is 274 g/mol. The maximum Gasteiger partial charge on any atom is 0.325 e. The van der Waals surface area contributed by atoms with Crippen molar-refractivity contribution >= 4 is 39.2 Å². The van der Waals surface area contributed by atoms with Gasteiger partial charge in [-0.2, -0.15) is 0 Å². The summed E-state index contributed by atoms with van der Waals surface area (Å²) in [6.07, 6.45) is 0. The Morgan fingerprint density at radius 3 is 2.61 bits per heavy atom. The van der Waals surface area contributed by atoms with Gasteiger partial charge in [-0.1, -0.05) is 11.3 Å². The lowest BCUT2D eigenvalue weighted by Crippen LogP contribution is -2.16. The van der Waals surface area contributed by atoms with Crippen molar-refractivity contribution in [3.05, 3.63) is 48.0 Å². The molecule has 0 saturated carbocycles. The molecule has 7 heteroatoms. The van der Waals surface area contributed by atoms with E-state index in [1.165, 1.54) is 17.4 Å². The van der Waals surface area contributed by atoms with Gasteiger partial charge in [-0.25, -0.2) is 0 Å². The largest absolute Gasteiger partial charge is 0.325 e. The van der Waals surface area contributed by atoms with E-state index in [-0.39, 0.29) is 27.0 Å². The first-order valence-corrected chi connectivity index (χ1v) is 6.66. The Morgan fingerprint density at radius 1 is 1.22 bits per heavy atom. The average molecular weight is 279 g/mol. The second-order valence-corrected chi connectivity index (χ2v) is 5.78. The second kappa shape index (κ2) is 3.56. The molecule has 1 aliphatic rings. The lowest BCUT2D eigenvalue weighted by atomic mass is 9.94. The van der Waals surface area contributed by atoms with Gasteiger partial charge >= 0.3 is 5.00 Å². The van der Waals surface area contributed by atoms with Crippen LogP contribution in [0.5, 0.6) is 0 Å². The van der Waals surface area contributed by atoms with Crippen molar-refractivity contribution < 1.29 is 14.5 Å². The van der Waals surface area contributed by atoms with Crippen LogP contribution in [0.15, 0.2) is 11.4 Å². The summed E-state index contributed by atoms with van der Waals surface area (Å²) >= 11 is 1.98. The molecule has 0 aromatic carbocycles. The summed E-state index contributed by atoms with van der Waals surface area (Å²) in [5.41, 5.74) is 1.30. The van der Waals surface area contributed by atoms with E-state index >= 15 is 0 Å². The van der Waals surface area contributed by atoms with E-state index < -0.39 is 4.92 Å². The van der Waals surface area contributed by atoms with Crippen LogP contribution in [0.25, 0.3) is 0 Å². The van der Waals surface area contributed by atoms with Gasteiger partial charge in [0.1, 0.15) is 0 Å². The van der Waals surface area contributed by atoms with E-state index in [1.54, 1.807) is 12.3 Å². The smallest absolute Gasteiger partial charge is 0.288 e. The predicted octanol–water partition coefficient (Wildman–Crippen LogP) is 2.80. The third-order valence-electron chi connectivity index (χ3n) is 2.76. The van der Waals surface area contributed by atoms with Gasteiger partial charge in [-0.3, -0.25) is 19.7 Å². The van der Waals surface area contributed by atoms with Crippen molar-refractivity contribution in [1.29, 1.82) is 0 Å². The number of thiophene rings is 2. The van der Waals surface area contributed by atoms with E-state index in [9.17, 15) is 19.7 Å².